The van der Waals surface area contributed by atoms with Gasteiger partial charge in [0.1, 0.15) is 0 Å². The number of rotatable bonds is 4. The first-order valence-electron chi connectivity index (χ1n) is 7.19. The van der Waals surface area contributed by atoms with E-state index in [1.165, 1.54) is 18.2 Å². The van der Waals surface area contributed by atoms with Crippen molar-refractivity contribution >= 4 is 40.5 Å². The zero-order valence-corrected chi connectivity index (χ0v) is 13.2. The molecule has 122 valence electrons. The minimum atomic E-state index is -0.668. The van der Waals surface area contributed by atoms with Gasteiger partial charge >= 0.3 is 5.69 Å². The molecule has 2 N–H and O–H groups in total. The van der Waals surface area contributed by atoms with Crippen LogP contribution in [0.4, 0.5) is 11.4 Å². The van der Waals surface area contributed by atoms with Crippen molar-refractivity contribution in [3.05, 3.63) is 63.2 Å². The number of phenols is 1. The Kier molecular flexibility index (Phi) is 4.22. The van der Waals surface area contributed by atoms with E-state index in [4.69, 9.17) is 11.6 Å². The van der Waals surface area contributed by atoms with E-state index in [9.17, 15) is 20.0 Å². The van der Waals surface area contributed by atoms with Gasteiger partial charge in [-0.25, -0.2) is 0 Å². The first kappa shape index (κ1) is 16.0. The average Bonchev–Trinajstić information content (AvgIpc) is 2.85. The molecule has 7 heteroatoms. The van der Waals surface area contributed by atoms with Gasteiger partial charge in [0.2, 0.25) is 0 Å². The van der Waals surface area contributed by atoms with Gasteiger partial charge in [-0.2, -0.15) is 0 Å². The van der Waals surface area contributed by atoms with Crippen LogP contribution in [0.2, 0.25) is 0 Å². The fourth-order valence-corrected chi connectivity index (χ4v) is 2.80. The van der Waals surface area contributed by atoms with Gasteiger partial charge in [-0.1, -0.05) is 12.1 Å². The third kappa shape index (κ3) is 2.96. The van der Waals surface area contributed by atoms with Gasteiger partial charge < -0.3 is 10.4 Å². The van der Waals surface area contributed by atoms with Gasteiger partial charge in [-0.05, 0) is 41.8 Å². The third-order valence-electron chi connectivity index (χ3n) is 3.76. The number of nitrogens with zero attached hydrogens (tertiary/aromatic N) is 1. The number of nitro benzene ring substituents is 1. The highest BCUT2D eigenvalue weighted by Gasteiger charge is 2.24. The first-order chi connectivity index (χ1) is 11.5. The molecule has 2 aromatic carbocycles. The van der Waals surface area contributed by atoms with E-state index in [1.807, 2.05) is 18.2 Å². The number of alkyl halides is 1. The van der Waals surface area contributed by atoms with Crippen molar-refractivity contribution in [1.29, 1.82) is 0 Å². The Labute approximate surface area is 142 Å². The van der Waals surface area contributed by atoms with Gasteiger partial charge in [-0.15, -0.1) is 11.6 Å². The molecule has 0 saturated heterocycles. The van der Waals surface area contributed by atoms with Crippen LogP contribution in [-0.4, -0.2) is 21.8 Å². The van der Waals surface area contributed by atoms with E-state index in [1.54, 1.807) is 6.08 Å². The first-order valence-corrected chi connectivity index (χ1v) is 7.73. The second kappa shape index (κ2) is 6.33. The summed E-state index contributed by atoms with van der Waals surface area (Å²) in [7, 11) is 0. The van der Waals surface area contributed by atoms with Crippen molar-refractivity contribution in [1.82, 2.24) is 0 Å². The molecular weight excluding hydrogens is 332 g/mol. The molecule has 0 bridgehead atoms. The van der Waals surface area contributed by atoms with Crippen LogP contribution in [0.5, 0.6) is 5.75 Å². The number of amides is 1. The molecule has 1 aliphatic rings. The second-order valence-electron chi connectivity index (χ2n) is 5.34. The van der Waals surface area contributed by atoms with Gasteiger partial charge in [0.25, 0.3) is 5.91 Å². The zero-order valence-electron chi connectivity index (χ0n) is 12.5. The molecule has 0 atom stereocenters. The quantitative estimate of drug-likeness (QED) is 0.384. The van der Waals surface area contributed by atoms with E-state index in [0.29, 0.717) is 29.1 Å². The van der Waals surface area contributed by atoms with Gasteiger partial charge in [-0.3, -0.25) is 14.9 Å². The topological polar surface area (TPSA) is 92.5 Å². The van der Waals surface area contributed by atoms with E-state index in [0.717, 1.165) is 11.1 Å². The highest BCUT2D eigenvalue weighted by molar-refractivity contribution is 6.35. The maximum Gasteiger partial charge on any atom is 0.311 e. The van der Waals surface area contributed by atoms with Crippen LogP contribution >= 0.6 is 11.6 Å². The van der Waals surface area contributed by atoms with Crippen LogP contribution in [0, 0.1) is 10.1 Å². The van der Waals surface area contributed by atoms with Crippen LogP contribution in [0.25, 0.3) is 11.6 Å². The highest BCUT2D eigenvalue weighted by atomic mass is 35.5. The van der Waals surface area contributed by atoms with Crippen molar-refractivity contribution in [2.24, 2.45) is 0 Å². The molecule has 0 aromatic heterocycles. The number of aryl methyl sites for hydroxylation is 1. The average molecular weight is 345 g/mol. The predicted molar refractivity (Wildman–Crippen MR) is 92.1 cm³/mol. The summed E-state index contributed by atoms with van der Waals surface area (Å²) in [5.41, 5.74) is 2.90. The Morgan fingerprint density at radius 3 is 2.75 bits per heavy atom. The van der Waals surface area contributed by atoms with Gasteiger partial charge in [0.15, 0.2) is 5.75 Å². The lowest BCUT2D eigenvalue weighted by Crippen LogP contribution is -2.03. The number of phenolic OH excluding ortho intramolecular Hbond substituents is 1. The summed E-state index contributed by atoms with van der Waals surface area (Å²) >= 11 is 5.76. The summed E-state index contributed by atoms with van der Waals surface area (Å²) in [6.07, 6.45) is 2.25. The van der Waals surface area contributed by atoms with Crippen LogP contribution < -0.4 is 5.32 Å². The Morgan fingerprint density at radius 1 is 1.25 bits per heavy atom. The lowest BCUT2D eigenvalue weighted by atomic mass is 10.0. The molecule has 1 heterocycles. The minimum absolute atomic E-state index is 0.274. The molecule has 0 saturated carbocycles. The fourth-order valence-electron chi connectivity index (χ4n) is 2.59. The Morgan fingerprint density at radius 2 is 2.04 bits per heavy atom. The second-order valence-corrected chi connectivity index (χ2v) is 5.71. The molecule has 0 spiro atoms. The summed E-state index contributed by atoms with van der Waals surface area (Å²) < 4.78 is 0. The molecule has 2 aromatic rings. The predicted octanol–water partition coefficient (Wildman–Crippen LogP) is 3.57. The van der Waals surface area contributed by atoms with Crippen LogP contribution in [0.3, 0.4) is 0 Å². The number of carbonyl (C=O) groups excluding carboxylic acids is 1. The lowest BCUT2D eigenvalue weighted by molar-refractivity contribution is -0.385. The number of nitrogens with one attached hydrogen (secondary N) is 1. The summed E-state index contributed by atoms with van der Waals surface area (Å²) in [6.45, 7) is 0. The standard InChI is InChI=1S/C17H13ClN2O4/c18-6-5-10-1-3-14-12(7-10)13(17(22)19-14)8-11-2-4-16(21)15(9-11)20(23)24/h1-4,7-9,21H,5-6H2,(H,19,22). The molecular formula is C17H13ClN2O4. The van der Waals surface area contributed by atoms with E-state index in [2.05, 4.69) is 5.32 Å². The lowest BCUT2D eigenvalue weighted by Gasteiger charge is -2.03. The molecule has 6 nitrogen and oxygen atoms in total. The van der Waals surface area contributed by atoms with Gasteiger partial charge in [0, 0.05) is 28.8 Å². The minimum Gasteiger partial charge on any atom is -0.502 e. The number of nitro groups is 1. The third-order valence-corrected chi connectivity index (χ3v) is 3.95. The van der Waals surface area contributed by atoms with Crippen LogP contribution in [0.15, 0.2) is 36.4 Å². The Hall–Kier alpha value is -2.86. The molecule has 1 amide bonds. The monoisotopic (exact) mass is 344 g/mol. The Balaban J connectivity index is 2.06. The number of hydrogen-bond donors (Lipinski definition) is 2. The fraction of sp³-hybridized carbons (Fsp3) is 0.118. The number of aromatic hydroxyl groups is 1. The van der Waals surface area contributed by atoms with E-state index in [-0.39, 0.29) is 5.91 Å². The summed E-state index contributed by atoms with van der Waals surface area (Å²) in [5, 5.41) is 23.2. The summed E-state index contributed by atoms with van der Waals surface area (Å²) in [6, 6.07) is 9.59. The summed E-state index contributed by atoms with van der Waals surface area (Å²) in [4.78, 5) is 22.5. The zero-order chi connectivity index (χ0) is 17.3. The SMILES string of the molecule is O=C1Nc2ccc(CCCl)cc2C1=Cc1ccc(O)c([N+](=O)[O-])c1. The number of anilines is 1. The molecule has 1 aliphatic heterocycles. The summed E-state index contributed by atoms with van der Waals surface area (Å²) in [5.74, 6) is -0.213. The van der Waals surface area contributed by atoms with E-state index < -0.39 is 16.4 Å². The normalized spacial score (nSPS) is 14.5. The molecule has 0 radical (unpaired) electrons. The number of hydrogen-bond acceptors (Lipinski definition) is 4. The number of fused-ring (bicyclic) bond motifs is 1. The molecule has 0 fully saturated rings. The number of carbonyl (C=O) groups is 1. The van der Waals surface area contributed by atoms with Crippen LogP contribution in [0.1, 0.15) is 16.7 Å². The number of halogens is 1. The van der Waals surface area contributed by atoms with Gasteiger partial charge in [0.05, 0.1) is 4.92 Å². The van der Waals surface area contributed by atoms with Crippen molar-refractivity contribution in [3.63, 3.8) is 0 Å². The van der Waals surface area contributed by atoms with Crippen LogP contribution in [-0.2, 0) is 11.2 Å². The maximum atomic E-state index is 12.2. The Bertz CT molecular complexity index is 877. The van der Waals surface area contributed by atoms with Crippen molar-refractivity contribution in [2.45, 2.75) is 6.42 Å². The van der Waals surface area contributed by atoms with Crippen molar-refractivity contribution < 1.29 is 14.8 Å². The highest BCUT2D eigenvalue weighted by Crippen LogP contribution is 2.35. The smallest absolute Gasteiger partial charge is 0.311 e. The molecule has 0 aliphatic carbocycles. The molecule has 3 rings (SSSR count). The molecule has 0 unspecified atom stereocenters. The van der Waals surface area contributed by atoms with Crippen molar-refractivity contribution in [3.8, 4) is 5.75 Å². The largest absolute Gasteiger partial charge is 0.502 e. The molecule has 24 heavy (non-hydrogen) atoms. The van der Waals surface area contributed by atoms with E-state index >= 15 is 0 Å². The maximum absolute atomic E-state index is 12.2. The van der Waals surface area contributed by atoms with Crippen molar-refractivity contribution in [2.75, 3.05) is 11.2 Å². The number of benzene rings is 2.